The highest BCUT2D eigenvalue weighted by molar-refractivity contribution is 5.92. The summed E-state index contributed by atoms with van der Waals surface area (Å²) in [6.07, 6.45) is -0.378. The molecule has 0 fully saturated rings. The summed E-state index contributed by atoms with van der Waals surface area (Å²) in [6, 6.07) is 14.8. The van der Waals surface area contributed by atoms with Gasteiger partial charge in [-0.25, -0.2) is 0 Å². The van der Waals surface area contributed by atoms with Crippen LogP contribution in [0.3, 0.4) is 0 Å². The number of carbonyl (C=O) groups is 2. The molecule has 0 atom stereocenters. The Balaban J connectivity index is 2.00. The van der Waals surface area contributed by atoms with Crippen LogP contribution in [0.1, 0.15) is 12.8 Å². The van der Waals surface area contributed by atoms with Crippen molar-refractivity contribution in [2.75, 3.05) is 11.1 Å². The first kappa shape index (κ1) is 14.6. The Morgan fingerprint density at radius 1 is 0.905 bits per heavy atom. The van der Waals surface area contributed by atoms with Gasteiger partial charge in [-0.15, -0.1) is 0 Å². The van der Waals surface area contributed by atoms with E-state index in [4.69, 9.17) is 5.73 Å². The van der Waals surface area contributed by atoms with Gasteiger partial charge in [0.25, 0.3) is 0 Å². The third kappa shape index (κ3) is 4.35. The molecule has 0 radical (unpaired) electrons. The number of hydrogen-bond donors (Lipinski definition) is 2. The summed E-state index contributed by atoms with van der Waals surface area (Å²) >= 11 is 0. The van der Waals surface area contributed by atoms with E-state index in [0.717, 1.165) is 11.1 Å². The van der Waals surface area contributed by atoms with Gasteiger partial charge in [-0.1, -0.05) is 24.3 Å². The Hall–Kier alpha value is -2.82. The van der Waals surface area contributed by atoms with Crippen molar-refractivity contribution in [2.24, 2.45) is 0 Å². The van der Waals surface area contributed by atoms with Crippen LogP contribution in [-0.4, -0.2) is 11.9 Å². The Bertz CT molecular complexity index is 634. The molecule has 0 spiro atoms. The predicted octanol–water partition coefficient (Wildman–Crippen LogP) is 1.40. The molecular weight excluding hydrogens is 268 g/mol. The van der Waals surface area contributed by atoms with Gasteiger partial charge in [0.05, 0.1) is 0 Å². The molecule has 2 aromatic rings. The van der Waals surface area contributed by atoms with E-state index >= 15 is 0 Å². The van der Waals surface area contributed by atoms with E-state index in [1.54, 1.807) is 12.1 Å². The molecule has 0 aliphatic carbocycles. The van der Waals surface area contributed by atoms with E-state index in [0.29, 0.717) is 11.4 Å². The Labute approximate surface area is 122 Å². The van der Waals surface area contributed by atoms with Gasteiger partial charge in [0.15, 0.2) is 0 Å². The van der Waals surface area contributed by atoms with Crippen LogP contribution in [0.15, 0.2) is 48.5 Å². The van der Waals surface area contributed by atoms with Gasteiger partial charge in [-0.2, -0.15) is 0 Å². The molecule has 0 saturated heterocycles. The molecular formula is C16H15N2O3-. The molecule has 108 valence electrons. The number of amides is 1. The lowest BCUT2D eigenvalue weighted by molar-refractivity contribution is -0.305. The van der Waals surface area contributed by atoms with Crippen molar-refractivity contribution in [3.8, 4) is 11.1 Å². The van der Waals surface area contributed by atoms with Crippen LogP contribution >= 0.6 is 0 Å². The molecule has 2 rings (SSSR count). The fraction of sp³-hybridized carbons (Fsp3) is 0.125. The Kier molecular flexibility index (Phi) is 4.56. The summed E-state index contributed by atoms with van der Waals surface area (Å²) < 4.78 is 0. The van der Waals surface area contributed by atoms with Crippen molar-refractivity contribution >= 4 is 23.3 Å². The third-order valence-corrected chi connectivity index (χ3v) is 2.97. The monoisotopic (exact) mass is 283 g/mol. The molecule has 0 aliphatic heterocycles. The van der Waals surface area contributed by atoms with E-state index < -0.39 is 5.97 Å². The first-order chi connectivity index (χ1) is 10.0. The highest BCUT2D eigenvalue weighted by Gasteiger charge is 2.03. The summed E-state index contributed by atoms with van der Waals surface area (Å²) in [6.45, 7) is 0. The maximum Gasteiger partial charge on any atom is 0.224 e. The van der Waals surface area contributed by atoms with Crippen LogP contribution in [0.2, 0.25) is 0 Å². The highest BCUT2D eigenvalue weighted by Crippen LogP contribution is 2.22. The number of rotatable bonds is 5. The molecule has 0 saturated carbocycles. The van der Waals surface area contributed by atoms with Crippen molar-refractivity contribution in [3.05, 3.63) is 48.5 Å². The fourth-order valence-electron chi connectivity index (χ4n) is 1.86. The van der Waals surface area contributed by atoms with Gasteiger partial charge in [-0.05, 0) is 41.8 Å². The van der Waals surface area contributed by atoms with E-state index in [2.05, 4.69) is 5.32 Å². The maximum atomic E-state index is 11.5. The van der Waals surface area contributed by atoms with Gasteiger partial charge in [0.1, 0.15) is 0 Å². The zero-order valence-electron chi connectivity index (χ0n) is 11.3. The number of nitrogens with one attached hydrogen (secondary N) is 1. The van der Waals surface area contributed by atoms with Crippen molar-refractivity contribution < 1.29 is 14.7 Å². The first-order valence-electron chi connectivity index (χ1n) is 6.50. The lowest BCUT2D eigenvalue weighted by Gasteiger charge is -2.07. The minimum Gasteiger partial charge on any atom is -0.550 e. The molecule has 0 bridgehead atoms. The minimum absolute atomic E-state index is 0.0952. The van der Waals surface area contributed by atoms with E-state index in [1.165, 1.54) is 0 Å². The van der Waals surface area contributed by atoms with Crippen LogP contribution in [0, 0.1) is 0 Å². The van der Waals surface area contributed by atoms with E-state index in [9.17, 15) is 14.7 Å². The smallest absolute Gasteiger partial charge is 0.224 e. The SMILES string of the molecule is Nc1ccc(-c2ccc(NC(=O)CCC(=O)[O-])cc2)cc1. The summed E-state index contributed by atoms with van der Waals surface area (Å²) in [5.41, 5.74) is 9.00. The van der Waals surface area contributed by atoms with E-state index in [-0.39, 0.29) is 18.7 Å². The number of nitrogens with two attached hydrogens (primary N) is 1. The minimum atomic E-state index is -1.23. The molecule has 3 N–H and O–H groups in total. The second-order valence-electron chi connectivity index (χ2n) is 4.62. The Morgan fingerprint density at radius 2 is 1.43 bits per heavy atom. The number of carboxylic acid groups (broad SMARTS) is 1. The van der Waals surface area contributed by atoms with Gasteiger partial charge >= 0.3 is 0 Å². The molecule has 1 amide bonds. The number of carboxylic acids is 1. The number of carbonyl (C=O) groups excluding carboxylic acids is 2. The van der Waals surface area contributed by atoms with E-state index in [1.807, 2.05) is 36.4 Å². The van der Waals surface area contributed by atoms with Crippen LogP contribution in [-0.2, 0) is 9.59 Å². The van der Waals surface area contributed by atoms with Crippen molar-refractivity contribution in [1.82, 2.24) is 0 Å². The number of anilines is 2. The molecule has 5 heteroatoms. The number of benzene rings is 2. The molecule has 0 unspecified atom stereocenters. The standard InChI is InChI=1S/C16H16N2O3/c17-13-5-1-11(2-6-13)12-3-7-14(8-4-12)18-15(19)9-10-16(20)21/h1-8H,9-10,17H2,(H,18,19)(H,20,21)/p-1. The second-order valence-corrected chi connectivity index (χ2v) is 4.62. The fourth-order valence-corrected chi connectivity index (χ4v) is 1.86. The van der Waals surface area contributed by atoms with Crippen molar-refractivity contribution in [2.45, 2.75) is 12.8 Å². The average Bonchev–Trinajstić information content (AvgIpc) is 2.47. The second kappa shape index (κ2) is 6.56. The largest absolute Gasteiger partial charge is 0.550 e. The molecule has 0 heterocycles. The third-order valence-electron chi connectivity index (χ3n) is 2.97. The van der Waals surface area contributed by atoms with Crippen LogP contribution in [0.5, 0.6) is 0 Å². The number of hydrogen-bond acceptors (Lipinski definition) is 4. The van der Waals surface area contributed by atoms with Crippen LogP contribution in [0.25, 0.3) is 11.1 Å². The lowest BCUT2D eigenvalue weighted by atomic mass is 10.1. The summed E-state index contributed by atoms with van der Waals surface area (Å²) in [5, 5.41) is 12.9. The molecule has 0 aliphatic rings. The number of nitrogen functional groups attached to an aromatic ring is 1. The van der Waals surface area contributed by atoms with Crippen LogP contribution in [0.4, 0.5) is 11.4 Å². The normalized spacial score (nSPS) is 10.1. The van der Waals surface area contributed by atoms with Gasteiger partial charge < -0.3 is 21.0 Å². The quantitative estimate of drug-likeness (QED) is 0.811. The maximum absolute atomic E-state index is 11.5. The average molecular weight is 283 g/mol. The van der Waals surface area contributed by atoms with Crippen molar-refractivity contribution in [3.63, 3.8) is 0 Å². The summed E-state index contributed by atoms with van der Waals surface area (Å²) in [4.78, 5) is 21.8. The highest BCUT2D eigenvalue weighted by atomic mass is 16.4. The summed E-state index contributed by atoms with van der Waals surface area (Å²) in [7, 11) is 0. The number of aliphatic carboxylic acids is 1. The molecule has 2 aromatic carbocycles. The molecule has 0 aromatic heterocycles. The van der Waals surface area contributed by atoms with Gasteiger partial charge in [0, 0.05) is 23.8 Å². The topological polar surface area (TPSA) is 95.2 Å². The van der Waals surface area contributed by atoms with Crippen molar-refractivity contribution in [1.29, 1.82) is 0 Å². The first-order valence-corrected chi connectivity index (χ1v) is 6.50. The lowest BCUT2D eigenvalue weighted by Crippen LogP contribution is -2.24. The van der Waals surface area contributed by atoms with Gasteiger partial charge in [-0.3, -0.25) is 4.79 Å². The molecule has 21 heavy (non-hydrogen) atoms. The predicted molar refractivity (Wildman–Crippen MR) is 79.2 cm³/mol. The molecule has 5 nitrogen and oxygen atoms in total. The Morgan fingerprint density at radius 3 is 1.95 bits per heavy atom. The zero-order chi connectivity index (χ0) is 15.2. The summed E-state index contributed by atoms with van der Waals surface area (Å²) in [5.74, 6) is -1.58. The zero-order valence-corrected chi connectivity index (χ0v) is 11.3. The van der Waals surface area contributed by atoms with Crippen LogP contribution < -0.4 is 16.2 Å². The van der Waals surface area contributed by atoms with Gasteiger partial charge in [0.2, 0.25) is 5.91 Å².